The molecule has 1 aromatic heterocycles. The van der Waals surface area contributed by atoms with E-state index in [0.717, 1.165) is 22.4 Å². The van der Waals surface area contributed by atoms with E-state index in [-0.39, 0.29) is 5.92 Å². The van der Waals surface area contributed by atoms with Crippen LogP contribution in [0, 0.1) is 0 Å². The fraction of sp³-hybridized carbons (Fsp3) is 0.0385. The molecular weight excluding hydrogens is 340 g/mol. The summed E-state index contributed by atoms with van der Waals surface area (Å²) in [5.41, 5.74) is 9.94. The van der Waals surface area contributed by atoms with Gasteiger partial charge in [0.1, 0.15) is 5.82 Å². The van der Waals surface area contributed by atoms with Gasteiger partial charge >= 0.3 is 0 Å². The maximum absolute atomic E-state index is 4.78. The van der Waals surface area contributed by atoms with Gasteiger partial charge in [0, 0.05) is 11.5 Å². The second kappa shape index (κ2) is 5.93. The van der Waals surface area contributed by atoms with Crippen LogP contribution in [-0.4, -0.2) is 9.97 Å². The molecule has 0 amide bonds. The zero-order valence-corrected chi connectivity index (χ0v) is 15.3. The van der Waals surface area contributed by atoms with Crippen molar-refractivity contribution in [2.75, 3.05) is 0 Å². The molecule has 28 heavy (non-hydrogen) atoms. The molecule has 1 aliphatic carbocycles. The summed E-state index contributed by atoms with van der Waals surface area (Å²) in [5, 5.41) is 0. The summed E-state index contributed by atoms with van der Waals surface area (Å²) in [6.45, 7) is 0. The predicted molar refractivity (Wildman–Crippen MR) is 114 cm³/mol. The Hall–Kier alpha value is -3.65. The Balaban J connectivity index is 1.52. The predicted octanol–water partition coefficient (Wildman–Crippen LogP) is 6.39. The van der Waals surface area contributed by atoms with Crippen molar-refractivity contribution in [1.82, 2.24) is 9.97 Å². The number of imidazole rings is 1. The maximum atomic E-state index is 4.78. The molecule has 2 nitrogen and oxygen atoms in total. The molecule has 0 saturated heterocycles. The molecule has 5 aromatic rings. The molecule has 1 heterocycles. The van der Waals surface area contributed by atoms with Gasteiger partial charge in [-0.3, -0.25) is 0 Å². The molecule has 2 heteroatoms. The molecule has 4 aromatic carbocycles. The van der Waals surface area contributed by atoms with Crippen LogP contribution in [-0.2, 0) is 0 Å². The minimum Gasteiger partial charge on any atom is -0.338 e. The van der Waals surface area contributed by atoms with Crippen molar-refractivity contribution in [3.05, 3.63) is 114 Å². The lowest BCUT2D eigenvalue weighted by molar-refractivity contribution is 1.02. The third-order valence-corrected chi connectivity index (χ3v) is 5.72. The molecule has 0 aliphatic heterocycles. The van der Waals surface area contributed by atoms with Gasteiger partial charge < -0.3 is 4.98 Å². The maximum Gasteiger partial charge on any atom is 0.138 e. The minimum absolute atomic E-state index is 0.264. The Bertz CT molecular complexity index is 1270. The van der Waals surface area contributed by atoms with Crippen LogP contribution in [0.3, 0.4) is 0 Å². The van der Waals surface area contributed by atoms with Gasteiger partial charge in [0.15, 0.2) is 0 Å². The Morgan fingerprint density at radius 3 is 2.00 bits per heavy atom. The van der Waals surface area contributed by atoms with Crippen molar-refractivity contribution < 1.29 is 0 Å². The standard InChI is InChI=1S/C26H18N2/c1-2-8-17(9-3-1)26-27-23-15-14-18(16-24(23)28-26)25-21-12-6-4-10-19(21)20-11-5-7-13-22(20)25/h1-16,25H,(H,27,28). The fourth-order valence-electron chi connectivity index (χ4n) is 4.45. The highest BCUT2D eigenvalue weighted by Gasteiger charge is 2.29. The third kappa shape index (κ3) is 2.25. The van der Waals surface area contributed by atoms with Gasteiger partial charge in [0.25, 0.3) is 0 Å². The number of H-pyrrole nitrogens is 1. The molecule has 0 saturated carbocycles. The number of aromatic nitrogens is 2. The summed E-state index contributed by atoms with van der Waals surface area (Å²) in [6, 6.07) is 34.4. The number of hydrogen-bond acceptors (Lipinski definition) is 1. The lowest BCUT2D eigenvalue weighted by atomic mass is 9.89. The van der Waals surface area contributed by atoms with E-state index in [1.165, 1.54) is 27.8 Å². The first-order chi connectivity index (χ1) is 13.9. The van der Waals surface area contributed by atoms with Crippen molar-refractivity contribution in [3.8, 4) is 22.5 Å². The number of rotatable bonds is 2. The van der Waals surface area contributed by atoms with E-state index < -0.39 is 0 Å². The highest BCUT2D eigenvalue weighted by molar-refractivity contribution is 5.84. The summed E-state index contributed by atoms with van der Waals surface area (Å²) < 4.78 is 0. The van der Waals surface area contributed by atoms with E-state index in [1.54, 1.807) is 0 Å². The first-order valence-corrected chi connectivity index (χ1v) is 9.62. The Morgan fingerprint density at radius 2 is 1.29 bits per heavy atom. The number of nitrogens with zero attached hydrogens (tertiary/aromatic N) is 1. The summed E-state index contributed by atoms with van der Waals surface area (Å²) in [6.07, 6.45) is 0. The molecule has 0 unspecified atom stereocenters. The zero-order valence-electron chi connectivity index (χ0n) is 15.3. The van der Waals surface area contributed by atoms with Gasteiger partial charge in [0.05, 0.1) is 11.0 Å². The molecule has 6 rings (SSSR count). The first-order valence-electron chi connectivity index (χ1n) is 9.62. The average Bonchev–Trinajstić information content (AvgIpc) is 3.33. The van der Waals surface area contributed by atoms with E-state index in [1.807, 2.05) is 18.2 Å². The summed E-state index contributed by atoms with van der Waals surface area (Å²) >= 11 is 0. The van der Waals surface area contributed by atoms with Crippen LogP contribution in [0.15, 0.2) is 97.1 Å². The number of fused-ring (bicyclic) bond motifs is 4. The fourth-order valence-corrected chi connectivity index (χ4v) is 4.45. The van der Waals surface area contributed by atoms with E-state index in [4.69, 9.17) is 4.98 Å². The van der Waals surface area contributed by atoms with Crippen LogP contribution in [0.5, 0.6) is 0 Å². The molecule has 0 radical (unpaired) electrons. The monoisotopic (exact) mass is 358 g/mol. The first kappa shape index (κ1) is 15.4. The van der Waals surface area contributed by atoms with Gasteiger partial charge in [-0.2, -0.15) is 0 Å². The van der Waals surface area contributed by atoms with E-state index >= 15 is 0 Å². The second-order valence-electron chi connectivity index (χ2n) is 7.34. The molecule has 1 N–H and O–H groups in total. The van der Waals surface area contributed by atoms with Crippen LogP contribution < -0.4 is 0 Å². The van der Waals surface area contributed by atoms with Crippen molar-refractivity contribution in [2.24, 2.45) is 0 Å². The minimum atomic E-state index is 0.264. The quantitative estimate of drug-likeness (QED) is 0.382. The number of hydrogen-bond donors (Lipinski definition) is 1. The van der Waals surface area contributed by atoms with Crippen LogP contribution in [0.2, 0.25) is 0 Å². The lowest BCUT2D eigenvalue weighted by Crippen LogP contribution is -1.98. The van der Waals surface area contributed by atoms with E-state index in [9.17, 15) is 0 Å². The number of benzene rings is 4. The zero-order chi connectivity index (χ0) is 18.5. The molecule has 1 aliphatic rings. The topological polar surface area (TPSA) is 28.7 Å². The van der Waals surface area contributed by atoms with Crippen LogP contribution >= 0.6 is 0 Å². The number of aromatic amines is 1. The normalized spacial score (nSPS) is 12.9. The molecule has 0 fully saturated rings. The van der Waals surface area contributed by atoms with Gasteiger partial charge in [-0.15, -0.1) is 0 Å². The molecule has 0 atom stereocenters. The summed E-state index contributed by atoms with van der Waals surface area (Å²) in [5.74, 6) is 1.18. The second-order valence-corrected chi connectivity index (χ2v) is 7.34. The van der Waals surface area contributed by atoms with Crippen LogP contribution in [0.25, 0.3) is 33.5 Å². The van der Waals surface area contributed by atoms with Crippen LogP contribution in [0.4, 0.5) is 0 Å². The highest BCUT2D eigenvalue weighted by Crippen LogP contribution is 2.47. The smallest absolute Gasteiger partial charge is 0.138 e. The third-order valence-electron chi connectivity index (χ3n) is 5.72. The van der Waals surface area contributed by atoms with Crippen LogP contribution in [0.1, 0.15) is 22.6 Å². The average molecular weight is 358 g/mol. The van der Waals surface area contributed by atoms with Crippen molar-refractivity contribution in [1.29, 1.82) is 0 Å². The van der Waals surface area contributed by atoms with Crippen molar-refractivity contribution in [2.45, 2.75) is 5.92 Å². The van der Waals surface area contributed by atoms with E-state index in [0.29, 0.717) is 0 Å². The largest absolute Gasteiger partial charge is 0.338 e. The summed E-state index contributed by atoms with van der Waals surface area (Å²) in [7, 11) is 0. The van der Waals surface area contributed by atoms with Gasteiger partial charge in [-0.1, -0.05) is 84.9 Å². The van der Waals surface area contributed by atoms with Gasteiger partial charge in [-0.05, 0) is 39.9 Å². The Labute approximate surface area is 163 Å². The van der Waals surface area contributed by atoms with Gasteiger partial charge in [-0.25, -0.2) is 4.98 Å². The van der Waals surface area contributed by atoms with Crippen molar-refractivity contribution in [3.63, 3.8) is 0 Å². The Kier molecular flexibility index (Phi) is 3.26. The van der Waals surface area contributed by atoms with E-state index in [2.05, 4.69) is 83.8 Å². The van der Waals surface area contributed by atoms with Crippen molar-refractivity contribution >= 4 is 11.0 Å². The molecule has 132 valence electrons. The van der Waals surface area contributed by atoms with Gasteiger partial charge in [0.2, 0.25) is 0 Å². The Morgan fingerprint density at radius 1 is 0.643 bits per heavy atom. The highest BCUT2D eigenvalue weighted by atomic mass is 14.9. The molecule has 0 bridgehead atoms. The number of nitrogens with one attached hydrogen (secondary N) is 1. The SMILES string of the molecule is c1ccc(-c2nc3ccc(C4c5ccccc5-c5ccccc54)cc3[nH]2)cc1. The molecular formula is C26H18N2. The summed E-state index contributed by atoms with van der Waals surface area (Å²) in [4.78, 5) is 8.30. The lowest BCUT2D eigenvalue weighted by Gasteiger charge is -2.14. The molecule has 0 spiro atoms.